The fourth-order valence-electron chi connectivity index (χ4n) is 1.97. The van der Waals surface area contributed by atoms with E-state index in [1.54, 1.807) is 12.1 Å². The minimum absolute atomic E-state index is 0.0664. The van der Waals surface area contributed by atoms with E-state index in [2.05, 4.69) is 21.2 Å². The zero-order valence-corrected chi connectivity index (χ0v) is 12.7. The molecule has 0 saturated carbocycles. The van der Waals surface area contributed by atoms with Crippen molar-refractivity contribution in [2.45, 2.75) is 19.4 Å². The second-order valence-electron chi connectivity index (χ2n) is 4.68. The summed E-state index contributed by atoms with van der Waals surface area (Å²) in [6.45, 7) is 1.90. The zero-order chi connectivity index (χ0) is 14.5. The van der Waals surface area contributed by atoms with E-state index in [1.807, 2.05) is 31.2 Å². The van der Waals surface area contributed by atoms with Crippen molar-refractivity contribution >= 4 is 21.8 Å². The molecule has 1 amide bonds. The lowest BCUT2D eigenvalue weighted by atomic mass is 10.1. The maximum Gasteiger partial charge on any atom is 0.254 e. The zero-order valence-electron chi connectivity index (χ0n) is 11.1. The largest absolute Gasteiger partial charge is 0.349 e. The van der Waals surface area contributed by atoms with Gasteiger partial charge in [0.1, 0.15) is 5.82 Å². The number of carbonyl (C=O) groups excluding carboxylic acids is 1. The highest BCUT2D eigenvalue weighted by molar-refractivity contribution is 9.10. The molecule has 0 unspecified atom stereocenters. The number of halogens is 2. The Morgan fingerprint density at radius 1 is 1.20 bits per heavy atom. The van der Waals surface area contributed by atoms with Crippen LogP contribution in [0.25, 0.3) is 0 Å². The Morgan fingerprint density at radius 3 is 2.50 bits per heavy atom. The Morgan fingerprint density at radius 2 is 1.85 bits per heavy atom. The van der Waals surface area contributed by atoms with Crippen LogP contribution in [-0.4, -0.2) is 11.9 Å². The summed E-state index contributed by atoms with van der Waals surface area (Å²) in [6, 6.07) is 13.8. The van der Waals surface area contributed by atoms with Crippen LogP contribution < -0.4 is 5.32 Å². The van der Waals surface area contributed by atoms with E-state index in [9.17, 15) is 9.18 Å². The molecule has 2 aromatic rings. The molecule has 2 rings (SSSR count). The van der Waals surface area contributed by atoms with Crippen molar-refractivity contribution in [3.63, 3.8) is 0 Å². The first-order valence-corrected chi connectivity index (χ1v) is 7.15. The molecule has 1 N–H and O–H groups in total. The highest BCUT2D eigenvalue weighted by atomic mass is 79.9. The van der Waals surface area contributed by atoms with Crippen LogP contribution in [0.5, 0.6) is 0 Å². The van der Waals surface area contributed by atoms with Gasteiger partial charge in [0.25, 0.3) is 5.91 Å². The summed E-state index contributed by atoms with van der Waals surface area (Å²) in [5.74, 6) is -0.881. The Balaban J connectivity index is 1.98. The van der Waals surface area contributed by atoms with Crippen molar-refractivity contribution in [3.8, 4) is 0 Å². The van der Waals surface area contributed by atoms with Crippen LogP contribution in [0.4, 0.5) is 4.39 Å². The molecule has 0 heterocycles. The van der Waals surface area contributed by atoms with Gasteiger partial charge in [-0.3, -0.25) is 4.79 Å². The Hall–Kier alpha value is -1.68. The number of hydrogen-bond donors (Lipinski definition) is 1. The third-order valence-corrected chi connectivity index (χ3v) is 3.48. The summed E-state index contributed by atoms with van der Waals surface area (Å²) in [6.07, 6.45) is 0.702. The maximum absolute atomic E-state index is 13.5. The average molecular weight is 336 g/mol. The Bertz CT molecular complexity index is 598. The first kappa shape index (κ1) is 14.7. The lowest BCUT2D eigenvalue weighted by Crippen LogP contribution is -2.34. The minimum Gasteiger partial charge on any atom is -0.349 e. The first-order chi connectivity index (χ1) is 9.56. The number of rotatable bonds is 4. The van der Waals surface area contributed by atoms with Crippen LogP contribution in [0, 0.1) is 5.82 Å². The van der Waals surface area contributed by atoms with Gasteiger partial charge in [-0.15, -0.1) is 0 Å². The number of benzene rings is 2. The van der Waals surface area contributed by atoms with Gasteiger partial charge >= 0.3 is 0 Å². The van der Waals surface area contributed by atoms with Crippen LogP contribution in [0.3, 0.4) is 0 Å². The second-order valence-corrected chi connectivity index (χ2v) is 5.60. The molecule has 2 aromatic carbocycles. The van der Waals surface area contributed by atoms with Gasteiger partial charge in [-0.2, -0.15) is 0 Å². The van der Waals surface area contributed by atoms with Gasteiger partial charge in [-0.05, 0) is 43.2 Å². The molecule has 0 aliphatic heterocycles. The van der Waals surface area contributed by atoms with Crippen LogP contribution in [-0.2, 0) is 6.42 Å². The molecule has 4 heteroatoms. The lowest BCUT2D eigenvalue weighted by molar-refractivity contribution is 0.0936. The molecular formula is C16H15BrFNO. The van der Waals surface area contributed by atoms with Gasteiger partial charge in [0.05, 0.1) is 5.56 Å². The summed E-state index contributed by atoms with van der Waals surface area (Å²) in [7, 11) is 0. The van der Waals surface area contributed by atoms with Crippen molar-refractivity contribution in [2.75, 3.05) is 0 Å². The monoisotopic (exact) mass is 335 g/mol. The minimum atomic E-state index is -0.499. The molecule has 2 nitrogen and oxygen atoms in total. The van der Waals surface area contributed by atoms with Gasteiger partial charge in [0.2, 0.25) is 0 Å². The van der Waals surface area contributed by atoms with Gasteiger partial charge < -0.3 is 5.32 Å². The van der Waals surface area contributed by atoms with Gasteiger partial charge in [0, 0.05) is 10.5 Å². The smallest absolute Gasteiger partial charge is 0.254 e. The fraction of sp³-hybridized carbons (Fsp3) is 0.188. The third kappa shape index (κ3) is 3.90. The topological polar surface area (TPSA) is 29.1 Å². The predicted molar refractivity (Wildman–Crippen MR) is 81.2 cm³/mol. The summed E-state index contributed by atoms with van der Waals surface area (Å²) in [5, 5.41) is 2.81. The number of nitrogens with one attached hydrogen (secondary N) is 1. The van der Waals surface area contributed by atoms with E-state index in [0.29, 0.717) is 6.42 Å². The highest BCUT2D eigenvalue weighted by Gasteiger charge is 2.13. The molecule has 0 bridgehead atoms. The number of amides is 1. The summed E-state index contributed by atoms with van der Waals surface area (Å²) in [5.41, 5.74) is 1.20. The normalized spacial score (nSPS) is 11.9. The number of carbonyl (C=O) groups is 1. The van der Waals surface area contributed by atoms with E-state index in [1.165, 1.54) is 12.1 Å². The molecule has 0 fully saturated rings. The fourth-order valence-corrected chi connectivity index (χ4v) is 2.24. The van der Waals surface area contributed by atoms with E-state index in [4.69, 9.17) is 0 Å². The number of hydrogen-bond acceptors (Lipinski definition) is 1. The van der Waals surface area contributed by atoms with Gasteiger partial charge in [-0.1, -0.05) is 40.2 Å². The lowest BCUT2D eigenvalue weighted by Gasteiger charge is -2.14. The first-order valence-electron chi connectivity index (χ1n) is 6.36. The molecule has 1 atom stereocenters. The molecule has 0 radical (unpaired) electrons. The third-order valence-electron chi connectivity index (χ3n) is 2.95. The van der Waals surface area contributed by atoms with Gasteiger partial charge in [-0.25, -0.2) is 4.39 Å². The van der Waals surface area contributed by atoms with Crippen molar-refractivity contribution < 1.29 is 9.18 Å². The standard InChI is InChI=1S/C16H15BrFNO/c1-11(10-12-6-8-13(17)9-7-12)19-16(20)14-4-2-3-5-15(14)18/h2-9,11H,10H2,1H3,(H,19,20)/t11-/m1/s1. The van der Waals surface area contributed by atoms with Gasteiger partial charge in [0.15, 0.2) is 0 Å². The van der Waals surface area contributed by atoms with Crippen LogP contribution in [0.2, 0.25) is 0 Å². The average Bonchev–Trinajstić information content (AvgIpc) is 2.41. The van der Waals surface area contributed by atoms with E-state index >= 15 is 0 Å². The van der Waals surface area contributed by atoms with Crippen LogP contribution in [0.15, 0.2) is 53.0 Å². The van der Waals surface area contributed by atoms with Crippen LogP contribution in [0.1, 0.15) is 22.8 Å². The molecule has 0 spiro atoms. The van der Waals surface area contributed by atoms with E-state index in [0.717, 1.165) is 10.0 Å². The van der Waals surface area contributed by atoms with Crippen molar-refractivity contribution in [1.82, 2.24) is 5.32 Å². The molecular weight excluding hydrogens is 321 g/mol. The van der Waals surface area contributed by atoms with E-state index in [-0.39, 0.29) is 17.5 Å². The molecule has 104 valence electrons. The maximum atomic E-state index is 13.5. The van der Waals surface area contributed by atoms with Crippen LogP contribution >= 0.6 is 15.9 Å². The molecule has 20 heavy (non-hydrogen) atoms. The Kier molecular flexibility index (Phi) is 4.90. The molecule has 0 aliphatic carbocycles. The quantitative estimate of drug-likeness (QED) is 0.900. The summed E-state index contributed by atoms with van der Waals surface area (Å²) < 4.78 is 14.5. The molecule has 0 aromatic heterocycles. The second kappa shape index (κ2) is 6.66. The molecule has 0 saturated heterocycles. The molecule has 0 aliphatic rings. The summed E-state index contributed by atoms with van der Waals surface area (Å²) >= 11 is 3.38. The van der Waals surface area contributed by atoms with Crippen molar-refractivity contribution in [3.05, 3.63) is 69.9 Å². The van der Waals surface area contributed by atoms with Crippen molar-refractivity contribution in [2.24, 2.45) is 0 Å². The summed E-state index contributed by atoms with van der Waals surface area (Å²) in [4.78, 5) is 12.0. The van der Waals surface area contributed by atoms with E-state index < -0.39 is 5.82 Å². The Labute approximate surface area is 126 Å². The van der Waals surface area contributed by atoms with Crippen molar-refractivity contribution in [1.29, 1.82) is 0 Å². The predicted octanol–water partition coefficient (Wildman–Crippen LogP) is 3.95. The SMILES string of the molecule is C[C@H](Cc1ccc(Br)cc1)NC(=O)c1ccccc1F. The highest BCUT2D eigenvalue weighted by Crippen LogP contribution is 2.12.